The van der Waals surface area contributed by atoms with Gasteiger partial charge in [-0.3, -0.25) is 0 Å². The Hall–Kier alpha value is -0.0800. The lowest BCUT2D eigenvalue weighted by atomic mass is 9.72. The van der Waals surface area contributed by atoms with E-state index < -0.39 is 0 Å². The summed E-state index contributed by atoms with van der Waals surface area (Å²) in [6.45, 7) is 14.1. The van der Waals surface area contributed by atoms with Crippen LogP contribution in [0.3, 0.4) is 0 Å². The number of rotatable bonds is 6. The zero-order valence-corrected chi connectivity index (χ0v) is 13.4. The molecule has 0 bridgehead atoms. The van der Waals surface area contributed by atoms with Crippen molar-refractivity contribution >= 4 is 0 Å². The molecule has 108 valence electrons. The van der Waals surface area contributed by atoms with E-state index in [0.717, 1.165) is 23.8 Å². The number of nitrogens with zero attached hydrogens (tertiary/aromatic N) is 1. The highest BCUT2D eigenvalue weighted by Crippen LogP contribution is 2.34. The van der Waals surface area contributed by atoms with E-state index in [1.54, 1.807) is 0 Å². The van der Waals surface area contributed by atoms with Gasteiger partial charge in [0.1, 0.15) is 0 Å². The van der Waals surface area contributed by atoms with Gasteiger partial charge in [0.15, 0.2) is 0 Å². The van der Waals surface area contributed by atoms with Gasteiger partial charge in [0.25, 0.3) is 0 Å². The van der Waals surface area contributed by atoms with E-state index in [1.165, 1.54) is 32.4 Å². The van der Waals surface area contributed by atoms with E-state index in [1.807, 2.05) is 0 Å². The smallest absolute Gasteiger partial charge is 0.0113 e. The van der Waals surface area contributed by atoms with Crippen LogP contribution in [0.4, 0.5) is 0 Å². The second-order valence-corrected chi connectivity index (χ2v) is 6.81. The summed E-state index contributed by atoms with van der Waals surface area (Å²) in [7, 11) is 2.27. The Morgan fingerprint density at radius 3 is 2.44 bits per heavy atom. The molecule has 1 saturated carbocycles. The van der Waals surface area contributed by atoms with Gasteiger partial charge in [-0.05, 0) is 64.5 Å². The van der Waals surface area contributed by atoms with Crippen LogP contribution >= 0.6 is 0 Å². The summed E-state index contributed by atoms with van der Waals surface area (Å²) in [6, 6.07) is 1.38. The SMILES string of the molecule is CCCNC1CC(C)CC(C)C1CN(C)C(C)C. The van der Waals surface area contributed by atoms with Crippen molar-refractivity contribution in [1.82, 2.24) is 10.2 Å². The molecule has 0 aromatic carbocycles. The molecule has 4 unspecified atom stereocenters. The zero-order valence-electron chi connectivity index (χ0n) is 13.4. The highest BCUT2D eigenvalue weighted by molar-refractivity contribution is 4.89. The molecule has 1 aliphatic rings. The predicted molar refractivity (Wildman–Crippen MR) is 80.9 cm³/mol. The Kier molecular flexibility index (Phi) is 6.65. The molecule has 2 heteroatoms. The van der Waals surface area contributed by atoms with Gasteiger partial charge in [0, 0.05) is 18.6 Å². The number of hydrogen-bond donors (Lipinski definition) is 1. The minimum absolute atomic E-state index is 0.656. The first kappa shape index (κ1) is 16.0. The molecule has 1 N–H and O–H groups in total. The Bertz CT molecular complexity index is 227. The first-order valence-corrected chi connectivity index (χ1v) is 7.89. The molecule has 1 aliphatic carbocycles. The normalized spacial score (nSPS) is 33.3. The summed E-state index contributed by atoms with van der Waals surface area (Å²) >= 11 is 0. The Morgan fingerprint density at radius 2 is 1.89 bits per heavy atom. The van der Waals surface area contributed by atoms with Gasteiger partial charge in [-0.1, -0.05) is 20.8 Å². The summed E-state index contributed by atoms with van der Waals surface area (Å²) in [5.41, 5.74) is 0. The first-order chi connectivity index (χ1) is 8.45. The van der Waals surface area contributed by atoms with E-state index in [9.17, 15) is 0 Å². The van der Waals surface area contributed by atoms with Crippen LogP contribution in [0, 0.1) is 17.8 Å². The van der Waals surface area contributed by atoms with Gasteiger partial charge in [-0.25, -0.2) is 0 Å². The average molecular weight is 254 g/mol. The van der Waals surface area contributed by atoms with Crippen molar-refractivity contribution in [3.63, 3.8) is 0 Å². The molecule has 0 saturated heterocycles. The molecule has 0 heterocycles. The van der Waals surface area contributed by atoms with Gasteiger partial charge < -0.3 is 10.2 Å². The molecule has 1 rings (SSSR count). The van der Waals surface area contributed by atoms with Crippen LogP contribution in [0.15, 0.2) is 0 Å². The third kappa shape index (κ3) is 4.55. The lowest BCUT2D eigenvalue weighted by Crippen LogP contribution is -2.49. The Labute approximate surface area is 115 Å². The molecule has 0 aromatic heterocycles. The van der Waals surface area contributed by atoms with E-state index in [2.05, 4.69) is 51.9 Å². The van der Waals surface area contributed by atoms with Crippen molar-refractivity contribution in [3.05, 3.63) is 0 Å². The zero-order chi connectivity index (χ0) is 13.7. The second-order valence-electron chi connectivity index (χ2n) is 6.81. The minimum atomic E-state index is 0.656. The second kappa shape index (κ2) is 7.49. The fourth-order valence-corrected chi connectivity index (χ4v) is 3.33. The topological polar surface area (TPSA) is 15.3 Å². The molecule has 0 aromatic rings. The first-order valence-electron chi connectivity index (χ1n) is 7.89. The maximum Gasteiger partial charge on any atom is 0.0113 e. The van der Waals surface area contributed by atoms with Gasteiger partial charge in [-0.2, -0.15) is 0 Å². The molecule has 0 radical (unpaired) electrons. The fraction of sp³-hybridized carbons (Fsp3) is 1.00. The van der Waals surface area contributed by atoms with Crippen LogP contribution in [-0.4, -0.2) is 37.1 Å². The van der Waals surface area contributed by atoms with Crippen LogP contribution in [0.5, 0.6) is 0 Å². The lowest BCUT2D eigenvalue weighted by molar-refractivity contribution is 0.100. The van der Waals surface area contributed by atoms with Crippen LogP contribution in [-0.2, 0) is 0 Å². The van der Waals surface area contributed by atoms with Crippen LogP contribution < -0.4 is 5.32 Å². The van der Waals surface area contributed by atoms with E-state index in [-0.39, 0.29) is 0 Å². The molecule has 18 heavy (non-hydrogen) atoms. The van der Waals surface area contributed by atoms with Gasteiger partial charge in [0.05, 0.1) is 0 Å². The molecule has 0 spiro atoms. The monoisotopic (exact) mass is 254 g/mol. The minimum Gasteiger partial charge on any atom is -0.314 e. The van der Waals surface area contributed by atoms with Crippen molar-refractivity contribution in [2.24, 2.45) is 17.8 Å². The van der Waals surface area contributed by atoms with Gasteiger partial charge in [-0.15, -0.1) is 0 Å². The van der Waals surface area contributed by atoms with E-state index >= 15 is 0 Å². The van der Waals surface area contributed by atoms with Crippen molar-refractivity contribution in [1.29, 1.82) is 0 Å². The molecular weight excluding hydrogens is 220 g/mol. The number of hydrogen-bond acceptors (Lipinski definition) is 2. The summed E-state index contributed by atoms with van der Waals surface area (Å²) in [6.07, 6.45) is 4.01. The van der Waals surface area contributed by atoms with E-state index in [0.29, 0.717) is 6.04 Å². The Morgan fingerprint density at radius 1 is 1.22 bits per heavy atom. The van der Waals surface area contributed by atoms with Crippen molar-refractivity contribution < 1.29 is 0 Å². The largest absolute Gasteiger partial charge is 0.314 e. The fourth-order valence-electron chi connectivity index (χ4n) is 3.33. The standard InChI is InChI=1S/C16H34N2/c1-7-8-17-16-10-13(4)9-14(5)15(16)11-18(6)12(2)3/h12-17H,7-11H2,1-6H3. The highest BCUT2D eigenvalue weighted by Gasteiger charge is 2.34. The highest BCUT2D eigenvalue weighted by atomic mass is 15.1. The molecule has 0 amide bonds. The van der Waals surface area contributed by atoms with Crippen LogP contribution in [0.1, 0.15) is 53.9 Å². The van der Waals surface area contributed by atoms with Gasteiger partial charge in [0.2, 0.25) is 0 Å². The average Bonchev–Trinajstić information content (AvgIpc) is 2.29. The predicted octanol–water partition coefficient (Wildman–Crippen LogP) is 3.38. The molecule has 0 aliphatic heterocycles. The quantitative estimate of drug-likeness (QED) is 0.782. The third-order valence-corrected chi connectivity index (χ3v) is 4.72. The summed E-state index contributed by atoms with van der Waals surface area (Å²) in [4.78, 5) is 2.51. The van der Waals surface area contributed by atoms with Crippen LogP contribution in [0.2, 0.25) is 0 Å². The van der Waals surface area contributed by atoms with Gasteiger partial charge >= 0.3 is 0 Å². The molecular formula is C16H34N2. The van der Waals surface area contributed by atoms with Crippen molar-refractivity contribution in [2.75, 3.05) is 20.1 Å². The maximum absolute atomic E-state index is 3.80. The lowest BCUT2D eigenvalue weighted by Gasteiger charge is -2.42. The third-order valence-electron chi connectivity index (χ3n) is 4.72. The van der Waals surface area contributed by atoms with Crippen molar-refractivity contribution in [3.8, 4) is 0 Å². The maximum atomic E-state index is 3.80. The van der Waals surface area contributed by atoms with E-state index in [4.69, 9.17) is 0 Å². The van der Waals surface area contributed by atoms with Crippen LogP contribution in [0.25, 0.3) is 0 Å². The molecule has 1 fully saturated rings. The summed E-state index contributed by atoms with van der Waals surface area (Å²) in [5.74, 6) is 2.56. The summed E-state index contributed by atoms with van der Waals surface area (Å²) < 4.78 is 0. The number of nitrogens with one attached hydrogen (secondary N) is 1. The molecule has 4 atom stereocenters. The Balaban J connectivity index is 2.62. The van der Waals surface area contributed by atoms with Crippen molar-refractivity contribution in [2.45, 2.75) is 66.0 Å². The summed E-state index contributed by atoms with van der Waals surface area (Å²) in [5, 5.41) is 3.80. The molecule has 2 nitrogen and oxygen atoms in total.